The van der Waals surface area contributed by atoms with Crippen molar-refractivity contribution in [2.24, 2.45) is 5.10 Å². The summed E-state index contributed by atoms with van der Waals surface area (Å²) in [5.41, 5.74) is 2.78. The predicted octanol–water partition coefficient (Wildman–Crippen LogP) is 2.22. The summed E-state index contributed by atoms with van der Waals surface area (Å²) in [4.78, 5) is 11.9. The third-order valence-corrected chi connectivity index (χ3v) is 3.14. The molecule has 0 fully saturated rings. The Morgan fingerprint density at radius 1 is 1.11 bits per heavy atom. The molecule has 28 heavy (non-hydrogen) atoms. The summed E-state index contributed by atoms with van der Waals surface area (Å²) in [5.74, 6) is -1.47. The Balaban J connectivity index is 0.00000171. The summed E-state index contributed by atoms with van der Waals surface area (Å²) >= 11 is 0. The minimum absolute atomic E-state index is 0. The molecule has 2 aromatic rings. The number of carbonyl (C=O) groups excluding carboxylic acids is 1. The Morgan fingerprint density at radius 3 is 2.18 bits per heavy atom. The number of methoxy groups -OCH3 is 2. The van der Waals surface area contributed by atoms with Gasteiger partial charge in [0.05, 0.1) is 20.4 Å². The van der Waals surface area contributed by atoms with Gasteiger partial charge in [-0.25, -0.2) is 5.43 Å². The van der Waals surface area contributed by atoms with Gasteiger partial charge in [0.1, 0.15) is 11.5 Å². The zero-order valence-electron chi connectivity index (χ0n) is 15.1. The monoisotopic (exact) mass is 394 g/mol. The van der Waals surface area contributed by atoms with E-state index in [-0.39, 0.29) is 19.6 Å². The molecule has 0 spiro atoms. The predicted molar refractivity (Wildman–Crippen MR) is 106 cm³/mol. The fourth-order valence-corrected chi connectivity index (χ4v) is 1.89. The Morgan fingerprint density at radius 2 is 1.68 bits per heavy atom. The first-order chi connectivity index (χ1) is 12.9. The quantitative estimate of drug-likeness (QED) is 0.297. The molecule has 0 unspecified atom stereocenters. The van der Waals surface area contributed by atoms with E-state index >= 15 is 0 Å². The molecule has 9 heteroatoms. The number of amides is 1. The van der Waals surface area contributed by atoms with Crippen LogP contribution in [0, 0.1) is 0 Å². The molecule has 0 aromatic heterocycles. The highest BCUT2D eigenvalue weighted by atomic mass is 16.5. The van der Waals surface area contributed by atoms with Crippen LogP contribution in [-0.2, 0) is 0 Å². The smallest absolute Gasteiger partial charge is 0.271 e. The van der Waals surface area contributed by atoms with E-state index in [0.29, 0.717) is 17.1 Å². The molecular formula is C19H26N2O7. The normalized spacial score (nSPS) is 9.71. The first-order valence-electron chi connectivity index (χ1n) is 7.79. The number of rotatable bonds is 5. The summed E-state index contributed by atoms with van der Waals surface area (Å²) in [6, 6.07) is 7.09. The van der Waals surface area contributed by atoms with Crippen molar-refractivity contribution in [3.05, 3.63) is 41.5 Å². The summed E-state index contributed by atoms with van der Waals surface area (Å²) in [6.07, 6.45) is 1.37. The van der Waals surface area contributed by atoms with Crippen molar-refractivity contribution < 1.29 is 34.7 Å². The number of aliphatic hydroxyl groups is 1. The number of phenols is 3. The number of hydrogen-bond donors (Lipinski definition) is 5. The van der Waals surface area contributed by atoms with E-state index in [4.69, 9.17) is 14.6 Å². The van der Waals surface area contributed by atoms with Crippen LogP contribution in [0.4, 0.5) is 0 Å². The first-order valence-corrected chi connectivity index (χ1v) is 7.79. The van der Waals surface area contributed by atoms with Crippen molar-refractivity contribution in [2.75, 3.05) is 20.8 Å². The zero-order chi connectivity index (χ0) is 20.4. The molecule has 0 atom stereocenters. The molecule has 1 amide bonds. The number of phenolic OH excluding ortho intramolecular Hbond substituents is 3. The number of nitrogens with zero attached hydrogens (tertiary/aromatic N) is 1. The van der Waals surface area contributed by atoms with Gasteiger partial charge in [-0.3, -0.25) is 4.79 Å². The molecule has 5 N–H and O–H groups in total. The molecular weight excluding hydrogens is 368 g/mol. The lowest BCUT2D eigenvalue weighted by Gasteiger charge is -2.07. The maximum absolute atomic E-state index is 11.9. The Bertz CT molecular complexity index is 784. The highest BCUT2D eigenvalue weighted by Gasteiger charge is 2.13. The van der Waals surface area contributed by atoms with E-state index in [2.05, 4.69) is 10.5 Å². The molecule has 2 aromatic carbocycles. The van der Waals surface area contributed by atoms with Gasteiger partial charge in [-0.2, -0.15) is 5.10 Å². The summed E-state index contributed by atoms with van der Waals surface area (Å²) in [6.45, 7) is 1.93. The molecule has 154 valence electrons. The molecule has 0 heterocycles. The number of carbonyl (C=O) groups is 1. The lowest BCUT2D eigenvalue weighted by atomic mass is 10.2. The highest BCUT2D eigenvalue weighted by molar-refractivity contribution is 5.96. The van der Waals surface area contributed by atoms with Crippen molar-refractivity contribution in [1.29, 1.82) is 0 Å². The minimum Gasteiger partial charge on any atom is -0.504 e. The van der Waals surface area contributed by atoms with Crippen LogP contribution in [0.5, 0.6) is 28.7 Å². The van der Waals surface area contributed by atoms with Crippen LogP contribution in [-0.4, -0.2) is 53.4 Å². The third-order valence-electron chi connectivity index (χ3n) is 3.14. The van der Waals surface area contributed by atoms with E-state index in [1.54, 1.807) is 25.1 Å². The molecule has 0 aliphatic rings. The fourth-order valence-electron chi connectivity index (χ4n) is 1.89. The topological polar surface area (TPSA) is 141 Å². The Kier molecular flexibility index (Phi) is 10.5. The SMILES string of the molecule is C.CCO.COc1ccc(/C=N/NC(=O)c2cc(O)c(O)c(O)c2)c(OC)c1. The number of hydrazone groups is 1. The van der Waals surface area contributed by atoms with Gasteiger partial charge in [0.15, 0.2) is 17.2 Å². The number of ether oxygens (including phenoxy) is 2. The maximum Gasteiger partial charge on any atom is 0.271 e. The zero-order valence-corrected chi connectivity index (χ0v) is 15.1. The fraction of sp³-hybridized carbons (Fsp3) is 0.263. The first kappa shape index (κ1) is 24.5. The number of benzene rings is 2. The van der Waals surface area contributed by atoms with E-state index in [0.717, 1.165) is 12.1 Å². The number of aliphatic hydroxyl groups excluding tert-OH is 1. The Hall–Kier alpha value is -3.46. The number of hydrogen-bond acceptors (Lipinski definition) is 8. The van der Waals surface area contributed by atoms with Crippen molar-refractivity contribution in [3.8, 4) is 28.7 Å². The van der Waals surface area contributed by atoms with Crippen LogP contribution in [0.2, 0.25) is 0 Å². The van der Waals surface area contributed by atoms with Gasteiger partial charge in [0.2, 0.25) is 0 Å². The molecule has 0 aliphatic carbocycles. The van der Waals surface area contributed by atoms with Crippen LogP contribution in [0.15, 0.2) is 35.4 Å². The second kappa shape index (κ2) is 12.0. The molecule has 0 saturated carbocycles. The van der Waals surface area contributed by atoms with Gasteiger partial charge in [-0.05, 0) is 31.2 Å². The Labute approximate surface area is 163 Å². The molecule has 0 saturated heterocycles. The second-order valence-electron chi connectivity index (χ2n) is 4.99. The van der Waals surface area contributed by atoms with Gasteiger partial charge in [-0.1, -0.05) is 7.43 Å². The van der Waals surface area contributed by atoms with Crippen molar-refractivity contribution >= 4 is 12.1 Å². The molecule has 0 aliphatic heterocycles. The average molecular weight is 394 g/mol. The van der Waals surface area contributed by atoms with Gasteiger partial charge in [0.25, 0.3) is 5.91 Å². The number of aromatic hydroxyl groups is 3. The lowest BCUT2D eigenvalue weighted by molar-refractivity contribution is 0.0954. The lowest BCUT2D eigenvalue weighted by Crippen LogP contribution is -2.17. The van der Waals surface area contributed by atoms with Crippen LogP contribution >= 0.6 is 0 Å². The highest BCUT2D eigenvalue weighted by Crippen LogP contribution is 2.35. The van der Waals surface area contributed by atoms with Gasteiger partial charge < -0.3 is 29.9 Å². The third kappa shape index (κ3) is 6.69. The van der Waals surface area contributed by atoms with Crippen LogP contribution in [0.1, 0.15) is 30.3 Å². The molecule has 9 nitrogen and oxygen atoms in total. The standard InChI is InChI=1S/C16H16N2O6.C2H6O.CH4/c1-23-11-4-3-9(14(7-11)24-2)8-17-18-16(22)10-5-12(19)15(21)13(20)6-10;1-2-3;/h3-8,19-21H,1-2H3,(H,18,22);3H,2H2,1H3;1H4/b17-8+;;. The average Bonchev–Trinajstić information content (AvgIpc) is 2.66. The van der Waals surface area contributed by atoms with Gasteiger partial charge in [-0.15, -0.1) is 0 Å². The summed E-state index contributed by atoms with van der Waals surface area (Å²) in [5, 5.41) is 39.4. The molecule has 0 bridgehead atoms. The van der Waals surface area contributed by atoms with E-state index in [9.17, 15) is 20.1 Å². The maximum atomic E-state index is 11.9. The largest absolute Gasteiger partial charge is 0.504 e. The summed E-state index contributed by atoms with van der Waals surface area (Å²) < 4.78 is 10.3. The van der Waals surface area contributed by atoms with Gasteiger partial charge in [0, 0.05) is 23.8 Å². The van der Waals surface area contributed by atoms with E-state index in [1.807, 2.05) is 0 Å². The molecule has 0 radical (unpaired) electrons. The van der Waals surface area contributed by atoms with Crippen molar-refractivity contribution in [2.45, 2.75) is 14.4 Å². The van der Waals surface area contributed by atoms with E-state index < -0.39 is 23.2 Å². The van der Waals surface area contributed by atoms with Crippen molar-refractivity contribution in [1.82, 2.24) is 5.43 Å². The van der Waals surface area contributed by atoms with E-state index in [1.165, 1.54) is 20.4 Å². The van der Waals surface area contributed by atoms with Crippen LogP contribution in [0.25, 0.3) is 0 Å². The van der Waals surface area contributed by atoms with Crippen LogP contribution < -0.4 is 14.9 Å². The molecule has 2 rings (SSSR count). The van der Waals surface area contributed by atoms with Crippen molar-refractivity contribution in [3.63, 3.8) is 0 Å². The number of nitrogens with one attached hydrogen (secondary N) is 1. The minimum atomic E-state index is -0.696. The summed E-state index contributed by atoms with van der Waals surface area (Å²) in [7, 11) is 3.03. The van der Waals surface area contributed by atoms with Gasteiger partial charge >= 0.3 is 0 Å². The van der Waals surface area contributed by atoms with Crippen LogP contribution in [0.3, 0.4) is 0 Å². The second-order valence-corrected chi connectivity index (χ2v) is 4.99.